The average molecular weight is 498 g/mol. The van der Waals surface area contributed by atoms with Crippen molar-refractivity contribution in [1.29, 1.82) is 0 Å². The Morgan fingerprint density at radius 3 is 2.67 bits per heavy atom. The molecule has 0 spiro atoms. The summed E-state index contributed by atoms with van der Waals surface area (Å²) >= 11 is 2.49. The molecule has 1 fully saturated rings. The quantitative estimate of drug-likeness (QED) is 0.178. The lowest BCUT2D eigenvalue weighted by Gasteiger charge is -2.48. The number of thioether (sulfide) groups is 1. The second-order valence-electron chi connectivity index (χ2n) is 7.90. The first-order valence-corrected chi connectivity index (χ1v) is 11.6. The lowest BCUT2D eigenvalue weighted by Crippen LogP contribution is -2.70. The number of fused-ring (bicyclic) bond motifs is 1. The van der Waals surface area contributed by atoms with Crippen LogP contribution in [0.25, 0.3) is 0 Å². The number of oxime groups is 1. The third kappa shape index (κ3) is 5.27. The lowest BCUT2D eigenvalue weighted by molar-refractivity contribution is -0.173. The van der Waals surface area contributed by atoms with E-state index < -0.39 is 47.4 Å². The number of anilines is 1. The van der Waals surface area contributed by atoms with Crippen molar-refractivity contribution in [2.45, 2.75) is 32.2 Å². The topological polar surface area (TPSA) is 163 Å². The van der Waals surface area contributed by atoms with Crippen molar-refractivity contribution in [1.82, 2.24) is 15.2 Å². The molecule has 2 atom stereocenters. The maximum absolute atomic E-state index is 12.7. The number of β-lactam (4-membered cyclic amide) rings is 1. The van der Waals surface area contributed by atoms with Gasteiger partial charge in [-0.05, 0) is 26.8 Å². The van der Waals surface area contributed by atoms with Crippen molar-refractivity contribution in [3.8, 4) is 0 Å². The molecule has 0 bridgehead atoms. The largest absolute Gasteiger partial charge is 0.427 e. The number of nitrogen functional groups attached to an aromatic ring is 1. The summed E-state index contributed by atoms with van der Waals surface area (Å²) < 4.78 is 9.93. The third-order valence-corrected chi connectivity index (χ3v) is 6.35. The van der Waals surface area contributed by atoms with Gasteiger partial charge in [0.05, 0.1) is 5.41 Å². The van der Waals surface area contributed by atoms with Gasteiger partial charge in [-0.3, -0.25) is 19.3 Å². The van der Waals surface area contributed by atoms with Crippen LogP contribution in [0.1, 0.15) is 26.5 Å². The van der Waals surface area contributed by atoms with E-state index in [1.54, 1.807) is 32.2 Å². The van der Waals surface area contributed by atoms with Gasteiger partial charge in [-0.25, -0.2) is 9.78 Å². The minimum atomic E-state index is -0.893. The van der Waals surface area contributed by atoms with Crippen LogP contribution >= 0.6 is 23.1 Å². The Hall–Kier alpha value is -3.13. The lowest BCUT2D eigenvalue weighted by atomic mass is 9.98. The Morgan fingerprint density at radius 2 is 2.06 bits per heavy atom. The van der Waals surface area contributed by atoms with E-state index in [1.807, 2.05) is 0 Å². The number of esters is 2. The van der Waals surface area contributed by atoms with Gasteiger partial charge in [0.15, 0.2) is 10.8 Å². The van der Waals surface area contributed by atoms with Crippen LogP contribution in [0.5, 0.6) is 0 Å². The molecule has 0 saturated carbocycles. The van der Waals surface area contributed by atoms with Crippen LogP contribution < -0.4 is 11.1 Å². The maximum atomic E-state index is 12.7. The highest BCUT2D eigenvalue weighted by molar-refractivity contribution is 8.00. The van der Waals surface area contributed by atoms with Crippen LogP contribution in [-0.2, 0) is 33.5 Å². The molecule has 12 nitrogen and oxygen atoms in total. The number of hydrogen-bond donors (Lipinski definition) is 2. The van der Waals surface area contributed by atoms with Crippen LogP contribution in [0.15, 0.2) is 22.3 Å². The molecule has 1 saturated heterocycles. The van der Waals surface area contributed by atoms with E-state index in [0.717, 1.165) is 11.3 Å². The number of carbonyl (C=O) groups is 4. The molecule has 14 heteroatoms. The Morgan fingerprint density at radius 1 is 1.33 bits per heavy atom. The van der Waals surface area contributed by atoms with E-state index in [9.17, 15) is 19.2 Å². The van der Waals surface area contributed by atoms with E-state index in [-0.39, 0.29) is 22.2 Å². The molecule has 1 aromatic rings. The summed E-state index contributed by atoms with van der Waals surface area (Å²) in [5.74, 6) is -2.09. The second kappa shape index (κ2) is 9.79. The van der Waals surface area contributed by atoms with Gasteiger partial charge in [-0.2, -0.15) is 0 Å². The number of nitrogens with zero attached hydrogens (tertiary/aromatic N) is 3. The van der Waals surface area contributed by atoms with Crippen molar-refractivity contribution in [2.75, 3.05) is 25.4 Å². The zero-order chi connectivity index (χ0) is 24.3. The number of rotatable bonds is 7. The van der Waals surface area contributed by atoms with E-state index >= 15 is 0 Å². The molecule has 1 unspecified atom stereocenters. The smallest absolute Gasteiger partial charge is 0.357 e. The van der Waals surface area contributed by atoms with Gasteiger partial charge in [-0.1, -0.05) is 5.16 Å². The first-order chi connectivity index (χ1) is 15.5. The van der Waals surface area contributed by atoms with Gasteiger partial charge in [-0.15, -0.1) is 23.1 Å². The number of aromatic nitrogens is 1. The molecule has 33 heavy (non-hydrogen) atoms. The van der Waals surface area contributed by atoms with Crippen molar-refractivity contribution in [2.24, 2.45) is 10.6 Å². The minimum Gasteiger partial charge on any atom is -0.427 e. The van der Waals surface area contributed by atoms with E-state index in [4.69, 9.17) is 20.0 Å². The zero-order valence-electron chi connectivity index (χ0n) is 18.3. The molecule has 178 valence electrons. The zero-order valence-corrected chi connectivity index (χ0v) is 19.9. The van der Waals surface area contributed by atoms with Gasteiger partial charge in [0.25, 0.3) is 11.8 Å². The summed E-state index contributed by atoms with van der Waals surface area (Å²) in [6, 6.07) is -0.893. The predicted octanol–water partition coefficient (Wildman–Crippen LogP) is 0.450. The number of thiazole rings is 1. The summed E-state index contributed by atoms with van der Waals surface area (Å²) in [4.78, 5) is 59.7. The van der Waals surface area contributed by atoms with Crippen molar-refractivity contribution in [3.63, 3.8) is 0 Å². The van der Waals surface area contributed by atoms with Crippen molar-refractivity contribution in [3.05, 3.63) is 22.8 Å². The third-order valence-electron chi connectivity index (χ3n) is 4.50. The Balaban J connectivity index is 1.61. The first-order valence-electron chi connectivity index (χ1n) is 9.67. The van der Waals surface area contributed by atoms with Crippen LogP contribution in [0, 0.1) is 5.41 Å². The van der Waals surface area contributed by atoms with Crippen LogP contribution in [0.2, 0.25) is 0 Å². The van der Waals surface area contributed by atoms with Crippen LogP contribution in [0.4, 0.5) is 5.13 Å². The highest BCUT2D eigenvalue weighted by Crippen LogP contribution is 2.37. The molecular weight excluding hydrogens is 474 g/mol. The molecule has 3 N–H and O–H groups in total. The molecule has 2 aliphatic heterocycles. The molecule has 3 heterocycles. The van der Waals surface area contributed by atoms with Crippen molar-refractivity contribution < 1.29 is 33.5 Å². The van der Waals surface area contributed by atoms with Gasteiger partial charge in [0, 0.05) is 11.1 Å². The predicted molar refractivity (Wildman–Crippen MR) is 120 cm³/mol. The Kier molecular flexibility index (Phi) is 7.27. The molecule has 3 rings (SSSR count). The van der Waals surface area contributed by atoms with E-state index in [2.05, 4.69) is 15.5 Å². The highest BCUT2D eigenvalue weighted by atomic mass is 32.2. The fourth-order valence-electron chi connectivity index (χ4n) is 2.86. The second-order valence-corrected chi connectivity index (χ2v) is 9.94. The standard InChI is InChI=1S/C19H23N5O7S2/c1-19(2,3)17(28)31-8-30-16(27)10-5-6-32-15-12(14(26)24(10)15)22-13(25)11(23-29-4)9-7-33-18(20)21-9/h5,7,12,15H,6,8H2,1-4H3,(H2,20,21)(H,22,25)/t12?,15-/m1/s1. The molecular formula is C19H23N5O7S2. The van der Waals surface area contributed by atoms with Gasteiger partial charge >= 0.3 is 11.9 Å². The molecule has 0 radical (unpaired) electrons. The fraction of sp³-hybridized carbons (Fsp3) is 0.474. The van der Waals surface area contributed by atoms with Crippen LogP contribution in [0.3, 0.4) is 0 Å². The van der Waals surface area contributed by atoms with E-state index in [1.165, 1.54) is 23.8 Å². The summed E-state index contributed by atoms with van der Waals surface area (Å²) in [5, 5.41) is 7.57. The van der Waals surface area contributed by atoms with Gasteiger partial charge < -0.3 is 25.4 Å². The fourth-order valence-corrected chi connectivity index (χ4v) is 4.60. The normalized spacial score (nSPS) is 20.2. The summed E-state index contributed by atoms with van der Waals surface area (Å²) in [6.45, 7) is 4.44. The summed E-state index contributed by atoms with van der Waals surface area (Å²) in [6.07, 6.45) is 1.54. The Bertz CT molecular complexity index is 1030. The minimum absolute atomic E-state index is 0.0270. The van der Waals surface area contributed by atoms with Gasteiger partial charge in [0.2, 0.25) is 6.79 Å². The summed E-state index contributed by atoms with van der Waals surface area (Å²) in [5.41, 5.74) is 4.98. The number of ether oxygens (including phenoxy) is 2. The molecule has 2 aliphatic rings. The van der Waals surface area contributed by atoms with E-state index in [0.29, 0.717) is 5.75 Å². The van der Waals surface area contributed by atoms with Crippen LogP contribution in [-0.4, -0.2) is 70.4 Å². The number of hydrogen-bond acceptors (Lipinski definition) is 12. The van der Waals surface area contributed by atoms with Gasteiger partial charge in [0.1, 0.15) is 29.9 Å². The molecule has 0 aromatic carbocycles. The molecule has 0 aliphatic carbocycles. The number of amides is 2. The average Bonchev–Trinajstić information content (AvgIpc) is 3.19. The monoisotopic (exact) mass is 497 g/mol. The van der Waals surface area contributed by atoms with Crippen molar-refractivity contribution >= 4 is 57.7 Å². The maximum Gasteiger partial charge on any atom is 0.357 e. The first kappa shape index (κ1) is 24.5. The highest BCUT2D eigenvalue weighted by Gasteiger charge is 2.53. The number of carbonyl (C=O) groups excluding carboxylic acids is 4. The number of nitrogens with two attached hydrogens (primary N) is 1. The molecule has 1 aromatic heterocycles. The Labute approximate surface area is 197 Å². The number of nitrogens with one attached hydrogen (secondary N) is 1. The molecule has 2 amide bonds. The summed E-state index contributed by atoms with van der Waals surface area (Å²) in [7, 11) is 1.28. The SMILES string of the molecule is CON=C(C(=O)NC1C(=O)N2C(C(=O)OCOC(=O)C(C)(C)C)=CCS[C@H]12)c1csc(N)n1.